The molecule has 1 aromatic rings. The Labute approximate surface area is 80.1 Å². The lowest BCUT2D eigenvalue weighted by Gasteiger charge is -2.02. The van der Waals surface area contributed by atoms with Gasteiger partial charge in [-0.2, -0.15) is 0 Å². The van der Waals surface area contributed by atoms with Crippen LogP contribution in [0.4, 0.5) is 0 Å². The zero-order chi connectivity index (χ0) is 9.14. The van der Waals surface area contributed by atoms with Crippen LogP contribution in [-0.4, -0.2) is 10.8 Å². The highest BCUT2D eigenvalue weighted by atomic mass is 79.9. The fourth-order valence-electron chi connectivity index (χ4n) is 0.835. The smallest absolute Gasteiger partial charge is 0.183 e. The summed E-state index contributed by atoms with van der Waals surface area (Å²) in [5, 5.41) is 0. The van der Waals surface area contributed by atoms with Crippen molar-refractivity contribution in [3.05, 3.63) is 28.5 Å². The highest BCUT2D eigenvalue weighted by Crippen LogP contribution is 2.12. The molecule has 1 rings (SSSR count). The van der Waals surface area contributed by atoms with Crippen molar-refractivity contribution >= 4 is 21.7 Å². The first kappa shape index (κ1) is 9.39. The summed E-state index contributed by atoms with van der Waals surface area (Å²) in [6.45, 7) is 3.73. The number of carbonyl (C=O) groups excluding carboxylic acids is 1. The van der Waals surface area contributed by atoms with Crippen LogP contribution >= 0.6 is 15.9 Å². The van der Waals surface area contributed by atoms with Crippen LogP contribution in [0.15, 0.2) is 22.8 Å². The predicted molar refractivity (Wildman–Crippen MR) is 51.1 cm³/mol. The molecule has 0 aliphatic carbocycles. The molecule has 0 aliphatic rings. The summed E-state index contributed by atoms with van der Waals surface area (Å²) in [5.74, 6) is 0.0862. The average Bonchev–Trinajstić information content (AvgIpc) is 2.03. The van der Waals surface area contributed by atoms with E-state index in [2.05, 4.69) is 20.9 Å². The maximum Gasteiger partial charge on any atom is 0.183 e. The molecule has 64 valence electrons. The Balaban J connectivity index is 2.96. The predicted octanol–water partition coefficient (Wildman–Crippen LogP) is 2.68. The van der Waals surface area contributed by atoms with Crippen molar-refractivity contribution in [1.82, 2.24) is 4.98 Å². The number of halogens is 1. The second-order valence-corrected chi connectivity index (χ2v) is 3.79. The van der Waals surface area contributed by atoms with Crippen LogP contribution < -0.4 is 0 Å². The summed E-state index contributed by atoms with van der Waals surface area (Å²) in [6.07, 6.45) is 1.62. The molecule has 0 amide bonds. The number of hydrogen-bond donors (Lipinski definition) is 0. The molecule has 0 spiro atoms. The topological polar surface area (TPSA) is 30.0 Å². The second-order valence-electron chi connectivity index (χ2n) is 2.88. The second kappa shape index (κ2) is 3.81. The number of pyridine rings is 1. The Bertz CT molecular complexity index is 296. The van der Waals surface area contributed by atoms with Gasteiger partial charge in [-0.25, -0.2) is 0 Å². The molecule has 0 radical (unpaired) electrons. The molecular weight excluding hydrogens is 218 g/mol. The van der Waals surface area contributed by atoms with Crippen LogP contribution in [0.25, 0.3) is 0 Å². The Morgan fingerprint density at radius 3 is 2.75 bits per heavy atom. The number of carbonyl (C=O) groups is 1. The SMILES string of the molecule is CC(C)C(=O)c1cc(Br)ccn1. The largest absolute Gasteiger partial charge is 0.292 e. The van der Waals surface area contributed by atoms with Crippen LogP contribution in [-0.2, 0) is 0 Å². The summed E-state index contributed by atoms with van der Waals surface area (Å²) >= 11 is 3.29. The van der Waals surface area contributed by atoms with Gasteiger partial charge < -0.3 is 0 Å². The van der Waals surface area contributed by atoms with E-state index >= 15 is 0 Å². The Morgan fingerprint density at radius 1 is 1.58 bits per heavy atom. The number of ketones is 1. The Kier molecular flexibility index (Phi) is 2.98. The Morgan fingerprint density at radius 2 is 2.25 bits per heavy atom. The maximum absolute atomic E-state index is 11.4. The van der Waals surface area contributed by atoms with Crippen molar-refractivity contribution in [3.8, 4) is 0 Å². The molecule has 3 heteroatoms. The molecule has 0 saturated carbocycles. The van der Waals surface area contributed by atoms with Crippen LogP contribution in [0.1, 0.15) is 24.3 Å². The van der Waals surface area contributed by atoms with E-state index in [9.17, 15) is 4.79 Å². The lowest BCUT2D eigenvalue weighted by atomic mass is 10.1. The zero-order valence-corrected chi connectivity index (χ0v) is 8.63. The van der Waals surface area contributed by atoms with Gasteiger partial charge >= 0.3 is 0 Å². The third-order valence-corrected chi connectivity index (χ3v) is 1.99. The summed E-state index contributed by atoms with van der Waals surface area (Å²) in [7, 11) is 0. The molecule has 0 aromatic carbocycles. The maximum atomic E-state index is 11.4. The zero-order valence-electron chi connectivity index (χ0n) is 7.04. The van der Waals surface area contributed by atoms with Crippen molar-refractivity contribution in [1.29, 1.82) is 0 Å². The minimum Gasteiger partial charge on any atom is -0.292 e. The minimum atomic E-state index is 0.00630. The van der Waals surface area contributed by atoms with Gasteiger partial charge in [0.25, 0.3) is 0 Å². The average molecular weight is 228 g/mol. The number of Topliss-reactive ketones (excluding diaryl/α,β-unsaturated/α-hetero) is 1. The molecule has 12 heavy (non-hydrogen) atoms. The molecule has 0 aliphatic heterocycles. The molecule has 0 unspecified atom stereocenters. The fourth-order valence-corrected chi connectivity index (χ4v) is 1.17. The monoisotopic (exact) mass is 227 g/mol. The van der Waals surface area contributed by atoms with Gasteiger partial charge in [0.15, 0.2) is 5.78 Å². The van der Waals surface area contributed by atoms with Crippen molar-refractivity contribution in [3.63, 3.8) is 0 Å². The van der Waals surface area contributed by atoms with Crippen molar-refractivity contribution < 1.29 is 4.79 Å². The van der Waals surface area contributed by atoms with Crippen LogP contribution in [0.2, 0.25) is 0 Å². The lowest BCUT2D eigenvalue weighted by Crippen LogP contribution is -2.09. The number of nitrogens with zero attached hydrogens (tertiary/aromatic N) is 1. The molecule has 0 saturated heterocycles. The van der Waals surface area contributed by atoms with E-state index in [1.54, 1.807) is 18.3 Å². The quantitative estimate of drug-likeness (QED) is 0.728. The van der Waals surface area contributed by atoms with Gasteiger partial charge in [-0.05, 0) is 12.1 Å². The summed E-state index contributed by atoms with van der Waals surface area (Å²) < 4.78 is 0.890. The van der Waals surface area contributed by atoms with Gasteiger partial charge in [0, 0.05) is 16.6 Å². The molecule has 0 fully saturated rings. The van der Waals surface area contributed by atoms with E-state index in [0.29, 0.717) is 5.69 Å². The number of hydrogen-bond acceptors (Lipinski definition) is 2. The summed E-state index contributed by atoms with van der Waals surface area (Å²) in [6, 6.07) is 3.54. The molecule has 1 heterocycles. The summed E-state index contributed by atoms with van der Waals surface area (Å²) in [5.41, 5.74) is 0.527. The minimum absolute atomic E-state index is 0.00630. The van der Waals surface area contributed by atoms with Gasteiger partial charge in [0.2, 0.25) is 0 Å². The molecule has 2 nitrogen and oxygen atoms in total. The van der Waals surface area contributed by atoms with Gasteiger partial charge in [-0.1, -0.05) is 29.8 Å². The van der Waals surface area contributed by atoms with Gasteiger partial charge in [0.05, 0.1) is 0 Å². The van der Waals surface area contributed by atoms with Gasteiger partial charge in [-0.3, -0.25) is 9.78 Å². The third kappa shape index (κ3) is 2.14. The molecule has 0 N–H and O–H groups in total. The van der Waals surface area contributed by atoms with Crippen molar-refractivity contribution in [2.24, 2.45) is 5.92 Å². The third-order valence-electron chi connectivity index (χ3n) is 1.50. The summed E-state index contributed by atoms with van der Waals surface area (Å²) in [4.78, 5) is 15.4. The van der Waals surface area contributed by atoms with E-state index in [0.717, 1.165) is 4.47 Å². The molecule has 0 bridgehead atoms. The van der Waals surface area contributed by atoms with Crippen molar-refractivity contribution in [2.45, 2.75) is 13.8 Å². The fraction of sp³-hybridized carbons (Fsp3) is 0.333. The van der Waals surface area contributed by atoms with Gasteiger partial charge in [0.1, 0.15) is 5.69 Å². The van der Waals surface area contributed by atoms with E-state index in [1.165, 1.54) is 0 Å². The first-order chi connectivity index (χ1) is 5.61. The molecule has 1 aromatic heterocycles. The van der Waals surface area contributed by atoms with Crippen LogP contribution in [0, 0.1) is 5.92 Å². The lowest BCUT2D eigenvalue weighted by molar-refractivity contribution is 0.0934. The van der Waals surface area contributed by atoms with E-state index in [-0.39, 0.29) is 11.7 Å². The van der Waals surface area contributed by atoms with E-state index in [1.807, 2.05) is 13.8 Å². The van der Waals surface area contributed by atoms with Crippen molar-refractivity contribution in [2.75, 3.05) is 0 Å². The molecular formula is C9H10BrNO. The highest BCUT2D eigenvalue weighted by molar-refractivity contribution is 9.10. The Hall–Kier alpha value is -0.700. The van der Waals surface area contributed by atoms with E-state index < -0.39 is 0 Å². The van der Waals surface area contributed by atoms with Crippen LogP contribution in [0.5, 0.6) is 0 Å². The standard InChI is InChI=1S/C9H10BrNO/c1-6(2)9(12)8-5-7(10)3-4-11-8/h3-6H,1-2H3. The first-order valence-corrected chi connectivity index (χ1v) is 4.56. The first-order valence-electron chi connectivity index (χ1n) is 3.77. The van der Waals surface area contributed by atoms with Crippen LogP contribution in [0.3, 0.4) is 0 Å². The van der Waals surface area contributed by atoms with E-state index in [4.69, 9.17) is 0 Å². The number of aromatic nitrogens is 1. The molecule has 0 atom stereocenters. The number of rotatable bonds is 2. The van der Waals surface area contributed by atoms with Gasteiger partial charge in [-0.15, -0.1) is 0 Å². The normalized spacial score (nSPS) is 10.3. The highest BCUT2D eigenvalue weighted by Gasteiger charge is 2.11.